The summed E-state index contributed by atoms with van der Waals surface area (Å²) in [5.74, 6) is 0. The second-order valence-electron chi connectivity index (χ2n) is 19.8. The predicted molar refractivity (Wildman–Crippen MR) is 312 cm³/mol. The fourth-order valence-corrected chi connectivity index (χ4v) is 13.0. The Kier molecular flexibility index (Phi) is 9.55. The molecule has 0 fully saturated rings. The maximum absolute atomic E-state index is 2.58. The highest BCUT2D eigenvalue weighted by Crippen LogP contribution is 2.64. The number of nitrogens with zero attached hydrogens (tertiary/aromatic N) is 1. The Bertz CT molecular complexity index is 4280. The van der Waals surface area contributed by atoms with Crippen molar-refractivity contribution >= 4 is 49.4 Å². The van der Waals surface area contributed by atoms with E-state index in [-0.39, 0.29) is 0 Å². The van der Waals surface area contributed by atoms with E-state index in [4.69, 9.17) is 0 Å². The second-order valence-corrected chi connectivity index (χ2v) is 19.8. The fraction of sp³-hybridized carbons (Fsp3) is 0.0137. The van der Waals surface area contributed by atoms with Crippen molar-refractivity contribution in [2.24, 2.45) is 0 Å². The van der Waals surface area contributed by atoms with Crippen molar-refractivity contribution in [1.82, 2.24) is 0 Å². The molecule has 74 heavy (non-hydrogen) atoms. The molecule has 0 amide bonds. The van der Waals surface area contributed by atoms with Crippen LogP contribution < -0.4 is 4.90 Å². The molecule has 0 radical (unpaired) electrons. The molecule has 0 saturated heterocycles. The first-order valence-corrected chi connectivity index (χ1v) is 25.7. The average Bonchev–Trinajstić information content (AvgIpc) is 3.95. The summed E-state index contributed by atoms with van der Waals surface area (Å²) < 4.78 is 0. The van der Waals surface area contributed by atoms with E-state index >= 15 is 0 Å². The van der Waals surface area contributed by atoms with Crippen LogP contribution in [0.5, 0.6) is 0 Å². The molecule has 0 unspecified atom stereocenters. The van der Waals surface area contributed by atoms with Crippen molar-refractivity contribution in [2.45, 2.75) is 5.41 Å². The van der Waals surface area contributed by atoms with Crippen LogP contribution >= 0.6 is 0 Å². The SMILES string of the molecule is c1ccc(-c2ccccc2-c2ccc(N(c3ccc4c5ccccc5c5ccccc5c4c3)c3cc4c(cc3-c3ccccc3-c3ccccc3)-c3ccccc3C43c4ccccc4-c4ccccc43)cc2)cc1. The van der Waals surface area contributed by atoms with Crippen molar-refractivity contribution in [2.75, 3.05) is 4.90 Å². The molecule has 13 aromatic rings. The van der Waals surface area contributed by atoms with Gasteiger partial charge >= 0.3 is 0 Å². The van der Waals surface area contributed by atoms with Gasteiger partial charge in [-0.2, -0.15) is 0 Å². The molecular weight excluding hydrogens is 891 g/mol. The molecule has 0 bridgehead atoms. The molecule has 13 aromatic carbocycles. The Morgan fingerprint density at radius 1 is 0.203 bits per heavy atom. The van der Waals surface area contributed by atoms with Crippen LogP contribution in [0.15, 0.2) is 285 Å². The van der Waals surface area contributed by atoms with E-state index in [9.17, 15) is 0 Å². The topological polar surface area (TPSA) is 3.24 Å². The highest BCUT2D eigenvalue weighted by molar-refractivity contribution is 6.26. The smallest absolute Gasteiger partial charge is 0.0726 e. The minimum absolute atomic E-state index is 0.541. The highest BCUT2D eigenvalue weighted by atomic mass is 15.1. The maximum atomic E-state index is 2.58. The van der Waals surface area contributed by atoms with E-state index in [2.05, 4.69) is 290 Å². The van der Waals surface area contributed by atoms with E-state index < -0.39 is 5.41 Å². The van der Waals surface area contributed by atoms with Gasteiger partial charge in [0.15, 0.2) is 0 Å². The molecule has 0 N–H and O–H groups in total. The molecule has 15 rings (SSSR count). The van der Waals surface area contributed by atoms with Gasteiger partial charge in [-0.1, -0.05) is 249 Å². The van der Waals surface area contributed by atoms with Gasteiger partial charge in [-0.05, 0) is 152 Å². The average molecular weight is 938 g/mol. The molecule has 0 heterocycles. The van der Waals surface area contributed by atoms with Crippen molar-refractivity contribution < 1.29 is 0 Å². The molecule has 0 saturated carbocycles. The lowest BCUT2D eigenvalue weighted by Gasteiger charge is -2.33. The minimum atomic E-state index is -0.541. The lowest BCUT2D eigenvalue weighted by molar-refractivity contribution is 0.794. The Labute approximate surface area is 431 Å². The van der Waals surface area contributed by atoms with E-state index in [0.717, 1.165) is 22.6 Å². The van der Waals surface area contributed by atoms with Crippen LogP contribution in [-0.2, 0) is 5.41 Å². The summed E-state index contributed by atoms with van der Waals surface area (Å²) in [6, 6.07) is 106. The van der Waals surface area contributed by atoms with Gasteiger partial charge in [-0.3, -0.25) is 0 Å². The van der Waals surface area contributed by atoms with Gasteiger partial charge in [0.25, 0.3) is 0 Å². The van der Waals surface area contributed by atoms with Gasteiger partial charge in [0.05, 0.1) is 11.1 Å². The number of rotatable bonds is 7. The monoisotopic (exact) mass is 937 g/mol. The highest BCUT2D eigenvalue weighted by Gasteiger charge is 2.52. The van der Waals surface area contributed by atoms with Crippen molar-refractivity contribution in [3.05, 3.63) is 307 Å². The summed E-state index contributed by atoms with van der Waals surface area (Å²) in [5, 5.41) is 7.50. The molecule has 344 valence electrons. The molecular formula is C73H47N. The summed E-state index contributed by atoms with van der Waals surface area (Å²) in [7, 11) is 0. The van der Waals surface area contributed by atoms with E-state index in [1.165, 1.54) is 116 Å². The lowest BCUT2D eigenvalue weighted by atomic mass is 9.70. The minimum Gasteiger partial charge on any atom is -0.310 e. The third-order valence-electron chi connectivity index (χ3n) is 16.1. The van der Waals surface area contributed by atoms with E-state index in [0.29, 0.717) is 0 Å². The molecule has 2 aliphatic rings. The van der Waals surface area contributed by atoms with Crippen LogP contribution in [0, 0.1) is 0 Å². The molecule has 2 aliphatic carbocycles. The molecule has 1 heteroatoms. The molecule has 0 aromatic heterocycles. The quantitative estimate of drug-likeness (QED) is 0.144. The van der Waals surface area contributed by atoms with Crippen LogP contribution in [0.2, 0.25) is 0 Å². The lowest BCUT2D eigenvalue weighted by Crippen LogP contribution is -2.26. The van der Waals surface area contributed by atoms with Gasteiger partial charge < -0.3 is 4.90 Å². The maximum Gasteiger partial charge on any atom is 0.0726 e. The summed E-state index contributed by atoms with van der Waals surface area (Å²) in [6.45, 7) is 0. The first-order valence-electron chi connectivity index (χ1n) is 25.7. The van der Waals surface area contributed by atoms with Crippen molar-refractivity contribution in [3.8, 4) is 66.8 Å². The predicted octanol–water partition coefficient (Wildman–Crippen LogP) is 19.6. The van der Waals surface area contributed by atoms with E-state index in [1.807, 2.05) is 0 Å². The Hall–Kier alpha value is -9.56. The molecule has 1 nitrogen and oxygen atoms in total. The number of anilines is 3. The molecule has 1 spiro atoms. The normalized spacial score (nSPS) is 12.7. The van der Waals surface area contributed by atoms with Gasteiger partial charge in [-0.25, -0.2) is 0 Å². The van der Waals surface area contributed by atoms with Crippen LogP contribution in [0.3, 0.4) is 0 Å². The van der Waals surface area contributed by atoms with Crippen LogP contribution in [0.25, 0.3) is 99.1 Å². The first-order chi connectivity index (χ1) is 36.7. The van der Waals surface area contributed by atoms with Crippen LogP contribution in [-0.4, -0.2) is 0 Å². The van der Waals surface area contributed by atoms with Gasteiger partial charge in [0.1, 0.15) is 0 Å². The molecule has 0 aliphatic heterocycles. The summed E-state index contributed by atoms with van der Waals surface area (Å²) in [5.41, 5.74) is 22.6. The number of hydrogen-bond donors (Lipinski definition) is 0. The number of benzene rings is 13. The van der Waals surface area contributed by atoms with Gasteiger partial charge in [0.2, 0.25) is 0 Å². The Morgan fingerprint density at radius 3 is 1.08 bits per heavy atom. The molecule has 0 atom stereocenters. The zero-order valence-corrected chi connectivity index (χ0v) is 40.6. The fourth-order valence-electron chi connectivity index (χ4n) is 13.0. The summed E-state index contributed by atoms with van der Waals surface area (Å²) >= 11 is 0. The van der Waals surface area contributed by atoms with Crippen molar-refractivity contribution in [1.29, 1.82) is 0 Å². The zero-order valence-electron chi connectivity index (χ0n) is 40.6. The Balaban J connectivity index is 1.06. The third kappa shape index (κ3) is 6.23. The van der Waals surface area contributed by atoms with E-state index in [1.54, 1.807) is 0 Å². The first kappa shape index (κ1) is 42.2. The second kappa shape index (κ2) is 16.8. The van der Waals surface area contributed by atoms with Gasteiger partial charge in [-0.15, -0.1) is 0 Å². The Morgan fingerprint density at radius 2 is 0.568 bits per heavy atom. The third-order valence-corrected chi connectivity index (χ3v) is 16.1. The zero-order chi connectivity index (χ0) is 48.7. The largest absolute Gasteiger partial charge is 0.310 e. The van der Waals surface area contributed by atoms with Crippen LogP contribution in [0.4, 0.5) is 17.1 Å². The number of fused-ring (bicyclic) bond motifs is 16. The summed E-state index contributed by atoms with van der Waals surface area (Å²) in [4.78, 5) is 2.55. The standard InChI is InChI=1S/C73H47N/c1-3-21-48(22-4-1)53-25-7-8-26-54(53)50-39-41-51(42-40-50)74(52-43-44-61-59-31-12-11-29-57(59)58-30-13-14-32-60(58)65(61)45-52)72-47-71-66(46-67(72)56-28-10-9-27-55(56)49-23-5-2-6-24-49)64-35-17-20-38-70(64)73(71)68-36-18-15-33-62(68)63-34-16-19-37-69(63)73/h1-47H. The summed E-state index contributed by atoms with van der Waals surface area (Å²) in [6.07, 6.45) is 0. The number of hydrogen-bond acceptors (Lipinski definition) is 1. The van der Waals surface area contributed by atoms with Crippen LogP contribution in [0.1, 0.15) is 22.3 Å². The van der Waals surface area contributed by atoms with Gasteiger partial charge in [0, 0.05) is 16.9 Å². The van der Waals surface area contributed by atoms with Crippen molar-refractivity contribution in [3.63, 3.8) is 0 Å².